The average Bonchev–Trinajstić information content (AvgIpc) is 1.81. The molecule has 1 rings (SSSR count). The van der Waals surface area contributed by atoms with Crippen LogP contribution in [0, 0.1) is 0 Å². The Kier molecular flexibility index (Phi) is 1.54. The summed E-state index contributed by atoms with van der Waals surface area (Å²) < 4.78 is 24.5. The van der Waals surface area contributed by atoms with Gasteiger partial charge in [0.25, 0.3) is 0 Å². The van der Waals surface area contributed by atoms with E-state index in [1.54, 1.807) is 0 Å². The number of Topliss-reactive ketones (excluding diaryl/α,β-unsaturated/α-hetero) is 2. The fourth-order valence-electron chi connectivity index (χ4n) is 0.833. The Balaban J connectivity index is 2.70. The molecule has 0 aliphatic heterocycles. The second-order valence-electron chi connectivity index (χ2n) is 2.34. The summed E-state index contributed by atoms with van der Waals surface area (Å²) in [7, 11) is 0. The molecule has 0 bridgehead atoms. The largest absolute Gasteiger partial charge is 0.306 e. The van der Waals surface area contributed by atoms with Gasteiger partial charge >= 0.3 is 5.92 Å². The van der Waals surface area contributed by atoms with E-state index in [0.29, 0.717) is 0 Å². The molecule has 0 spiro atoms. The van der Waals surface area contributed by atoms with E-state index in [1.807, 2.05) is 0 Å². The van der Waals surface area contributed by atoms with Crippen LogP contribution in [-0.4, -0.2) is 17.5 Å². The lowest BCUT2D eigenvalue weighted by molar-refractivity contribution is -0.151. The molecule has 2 nitrogen and oxygen atoms in total. The highest BCUT2D eigenvalue weighted by molar-refractivity contribution is 6.04. The third kappa shape index (κ3) is 1.20. The van der Waals surface area contributed by atoms with E-state index in [9.17, 15) is 18.4 Å². The molecule has 1 saturated carbocycles. The summed E-state index contributed by atoms with van der Waals surface area (Å²) in [5, 5.41) is 0. The number of carbonyl (C=O) groups is 2. The van der Waals surface area contributed by atoms with Crippen LogP contribution < -0.4 is 0 Å². The molecule has 1 fully saturated rings. The van der Waals surface area contributed by atoms with Crippen molar-refractivity contribution in [3.05, 3.63) is 0 Å². The van der Waals surface area contributed by atoms with Crippen molar-refractivity contribution in [1.82, 2.24) is 0 Å². The molecule has 0 atom stereocenters. The highest BCUT2D eigenvalue weighted by Gasteiger charge is 2.42. The minimum Gasteiger partial charge on any atom is -0.299 e. The van der Waals surface area contributed by atoms with Crippen LogP contribution in [0.5, 0.6) is 0 Å². The Morgan fingerprint density at radius 1 is 1.30 bits per heavy atom. The fourth-order valence-corrected chi connectivity index (χ4v) is 0.833. The molecular formula is C6H6F2O2. The Hall–Kier alpha value is -0.800. The average molecular weight is 148 g/mol. The molecule has 0 heterocycles. The number of rotatable bonds is 0. The van der Waals surface area contributed by atoms with E-state index in [-0.39, 0.29) is 12.2 Å². The van der Waals surface area contributed by atoms with E-state index in [2.05, 4.69) is 0 Å². The van der Waals surface area contributed by atoms with Crippen molar-refractivity contribution < 1.29 is 18.4 Å². The molecule has 56 valence electrons. The standard InChI is InChI=1S/C6H6F2O2/c7-6(8)2-1-4(9)3-5(6)10/h1-3H2. The minimum absolute atomic E-state index is 0.168. The Morgan fingerprint density at radius 2 is 1.90 bits per heavy atom. The lowest BCUT2D eigenvalue weighted by Crippen LogP contribution is -2.35. The topological polar surface area (TPSA) is 34.1 Å². The molecule has 10 heavy (non-hydrogen) atoms. The van der Waals surface area contributed by atoms with Gasteiger partial charge in [0.1, 0.15) is 5.78 Å². The van der Waals surface area contributed by atoms with Crippen LogP contribution in [-0.2, 0) is 9.59 Å². The van der Waals surface area contributed by atoms with Gasteiger partial charge in [0, 0.05) is 12.8 Å². The molecule has 0 aromatic rings. The third-order valence-corrected chi connectivity index (χ3v) is 1.48. The van der Waals surface area contributed by atoms with E-state index >= 15 is 0 Å². The lowest BCUT2D eigenvalue weighted by Gasteiger charge is -2.18. The highest BCUT2D eigenvalue weighted by Crippen LogP contribution is 2.27. The van der Waals surface area contributed by atoms with Crippen molar-refractivity contribution in [1.29, 1.82) is 0 Å². The summed E-state index contributed by atoms with van der Waals surface area (Å²) in [5.74, 6) is -4.85. The lowest BCUT2D eigenvalue weighted by atomic mass is 9.94. The Bertz CT molecular complexity index is 186. The molecule has 0 amide bonds. The highest BCUT2D eigenvalue weighted by atomic mass is 19.3. The molecule has 1 aliphatic rings. The second-order valence-corrected chi connectivity index (χ2v) is 2.34. The second kappa shape index (κ2) is 2.11. The van der Waals surface area contributed by atoms with Crippen LogP contribution in [0.2, 0.25) is 0 Å². The quantitative estimate of drug-likeness (QED) is 0.479. The maximum absolute atomic E-state index is 12.3. The van der Waals surface area contributed by atoms with Gasteiger partial charge in [-0.25, -0.2) is 0 Å². The van der Waals surface area contributed by atoms with Crippen LogP contribution in [0.25, 0.3) is 0 Å². The molecule has 0 unspecified atom stereocenters. The summed E-state index contributed by atoms with van der Waals surface area (Å²) in [6.07, 6.45) is -1.36. The SMILES string of the molecule is O=C1CCC(F)(F)C(=O)C1. The van der Waals surface area contributed by atoms with Crippen molar-refractivity contribution in [2.75, 3.05) is 0 Å². The van der Waals surface area contributed by atoms with Crippen LogP contribution in [0.4, 0.5) is 8.78 Å². The number of hydrogen-bond acceptors (Lipinski definition) is 2. The molecule has 0 saturated heterocycles. The van der Waals surface area contributed by atoms with Gasteiger partial charge in [-0.2, -0.15) is 8.78 Å². The molecule has 4 heteroatoms. The first kappa shape index (κ1) is 7.31. The van der Waals surface area contributed by atoms with Crippen LogP contribution in [0.15, 0.2) is 0 Å². The van der Waals surface area contributed by atoms with Gasteiger partial charge in [0.15, 0.2) is 0 Å². The van der Waals surface area contributed by atoms with Crippen molar-refractivity contribution in [3.8, 4) is 0 Å². The zero-order valence-corrected chi connectivity index (χ0v) is 5.19. The van der Waals surface area contributed by atoms with Crippen molar-refractivity contribution in [2.24, 2.45) is 0 Å². The van der Waals surface area contributed by atoms with Gasteiger partial charge in [-0.15, -0.1) is 0 Å². The molecule has 1 aliphatic carbocycles. The zero-order valence-electron chi connectivity index (χ0n) is 5.19. The van der Waals surface area contributed by atoms with Crippen LogP contribution >= 0.6 is 0 Å². The first-order valence-electron chi connectivity index (χ1n) is 2.95. The van der Waals surface area contributed by atoms with Crippen molar-refractivity contribution in [2.45, 2.75) is 25.2 Å². The summed E-state index contributed by atoms with van der Waals surface area (Å²) in [6, 6.07) is 0. The summed E-state index contributed by atoms with van der Waals surface area (Å²) in [6.45, 7) is 0. The smallest absolute Gasteiger partial charge is 0.299 e. The number of halogens is 2. The van der Waals surface area contributed by atoms with Gasteiger partial charge in [-0.05, 0) is 0 Å². The van der Waals surface area contributed by atoms with Crippen molar-refractivity contribution >= 4 is 11.6 Å². The van der Waals surface area contributed by atoms with E-state index in [0.717, 1.165) is 0 Å². The Labute approximate surface area is 56.2 Å². The first-order valence-corrected chi connectivity index (χ1v) is 2.95. The van der Waals surface area contributed by atoms with Gasteiger partial charge in [-0.3, -0.25) is 9.59 Å². The number of hydrogen-bond donors (Lipinski definition) is 0. The summed E-state index contributed by atoms with van der Waals surface area (Å²) >= 11 is 0. The first-order chi connectivity index (χ1) is 4.52. The molecule has 0 N–H and O–H groups in total. The maximum Gasteiger partial charge on any atom is 0.306 e. The predicted octanol–water partition coefficient (Wildman–Crippen LogP) is 0.944. The van der Waals surface area contributed by atoms with Crippen LogP contribution in [0.1, 0.15) is 19.3 Å². The Morgan fingerprint density at radius 3 is 2.30 bits per heavy atom. The van der Waals surface area contributed by atoms with Crippen molar-refractivity contribution in [3.63, 3.8) is 0 Å². The number of alkyl halides is 2. The summed E-state index contributed by atoms with van der Waals surface area (Å²) in [4.78, 5) is 20.8. The van der Waals surface area contributed by atoms with Gasteiger partial charge in [-0.1, -0.05) is 0 Å². The molecular weight excluding hydrogens is 142 g/mol. The van der Waals surface area contributed by atoms with Gasteiger partial charge < -0.3 is 0 Å². The van der Waals surface area contributed by atoms with E-state index in [4.69, 9.17) is 0 Å². The number of carbonyl (C=O) groups excluding carboxylic acids is 2. The fraction of sp³-hybridized carbons (Fsp3) is 0.667. The third-order valence-electron chi connectivity index (χ3n) is 1.48. The van der Waals surface area contributed by atoms with E-state index < -0.39 is 24.5 Å². The van der Waals surface area contributed by atoms with Gasteiger partial charge in [0.2, 0.25) is 5.78 Å². The van der Waals surface area contributed by atoms with E-state index in [1.165, 1.54) is 0 Å². The summed E-state index contributed by atoms with van der Waals surface area (Å²) in [5.41, 5.74) is 0. The van der Waals surface area contributed by atoms with Gasteiger partial charge in [0.05, 0.1) is 6.42 Å². The molecule has 0 aromatic heterocycles. The molecule has 0 aromatic carbocycles. The van der Waals surface area contributed by atoms with Crippen LogP contribution in [0.3, 0.4) is 0 Å². The normalized spacial score (nSPS) is 25.0. The predicted molar refractivity (Wildman–Crippen MR) is 28.8 cm³/mol. The minimum atomic E-state index is -3.24. The monoisotopic (exact) mass is 148 g/mol. The number of ketones is 2. The maximum atomic E-state index is 12.3. The zero-order chi connectivity index (χ0) is 7.78. The molecule has 0 radical (unpaired) electrons.